The van der Waals surface area contributed by atoms with Crippen molar-refractivity contribution in [3.63, 3.8) is 0 Å². The van der Waals surface area contributed by atoms with Crippen LogP contribution in [0.25, 0.3) is 10.2 Å². The number of carbonyl (C=O) groups excluding carboxylic acids is 1. The van der Waals surface area contributed by atoms with E-state index in [1.807, 2.05) is 25.1 Å². The van der Waals surface area contributed by atoms with Crippen LogP contribution in [-0.4, -0.2) is 18.0 Å². The van der Waals surface area contributed by atoms with Crippen molar-refractivity contribution in [3.05, 3.63) is 52.8 Å². The van der Waals surface area contributed by atoms with Gasteiger partial charge in [-0.1, -0.05) is 6.07 Å². The van der Waals surface area contributed by atoms with Crippen LogP contribution in [0.3, 0.4) is 0 Å². The molecule has 1 aromatic heterocycles. The van der Waals surface area contributed by atoms with Gasteiger partial charge in [0.2, 0.25) is 5.91 Å². The molecule has 0 aliphatic carbocycles. The lowest BCUT2D eigenvalue weighted by molar-refractivity contribution is -0.115. The van der Waals surface area contributed by atoms with E-state index in [2.05, 4.69) is 10.3 Å². The lowest BCUT2D eigenvalue weighted by Crippen LogP contribution is -2.14. The van der Waals surface area contributed by atoms with Crippen molar-refractivity contribution in [2.45, 2.75) is 13.3 Å². The van der Waals surface area contributed by atoms with Gasteiger partial charge in [-0.25, -0.2) is 9.37 Å². The highest BCUT2D eigenvalue weighted by Gasteiger charge is 2.09. The van der Waals surface area contributed by atoms with Gasteiger partial charge in [0.05, 0.1) is 28.8 Å². The molecule has 23 heavy (non-hydrogen) atoms. The van der Waals surface area contributed by atoms with E-state index in [4.69, 9.17) is 4.74 Å². The van der Waals surface area contributed by atoms with Gasteiger partial charge in [-0.3, -0.25) is 4.79 Å². The smallest absolute Gasteiger partial charge is 0.228 e. The average Bonchev–Trinajstić information content (AvgIpc) is 2.86. The Kier molecular flexibility index (Phi) is 4.25. The van der Waals surface area contributed by atoms with Crippen molar-refractivity contribution in [1.82, 2.24) is 4.98 Å². The SMILES string of the molecule is COc1ccc(CC(=O)Nc2ccc3nc(C)sc3c2)cc1F. The molecule has 1 N–H and O–H groups in total. The number of aromatic nitrogens is 1. The Hall–Kier alpha value is -2.47. The lowest BCUT2D eigenvalue weighted by Gasteiger charge is -2.07. The number of benzene rings is 2. The van der Waals surface area contributed by atoms with Gasteiger partial charge in [-0.15, -0.1) is 11.3 Å². The minimum atomic E-state index is -0.473. The monoisotopic (exact) mass is 330 g/mol. The highest BCUT2D eigenvalue weighted by atomic mass is 32.1. The van der Waals surface area contributed by atoms with E-state index in [0.29, 0.717) is 11.3 Å². The van der Waals surface area contributed by atoms with Gasteiger partial charge in [0.25, 0.3) is 0 Å². The summed E-state index contributed by atoms with van der Waals surface area (Å²) < 4.78 is 19.5. The van der Waals surface area contributed by atoms with Crippen LogP contribution >= 0.6 is 11.3 Å². The number of fused-ring (bicyclic) bond motifs is 1. The van der Waals surface area contributed by atoms with Gasteiger partial charge in [0.1, 0.15) is 0 Å². The summed E-state index contributed by atoms with van der Waals surface area (Å²) in [6, 6.07) is 10.1. The minimum absolute atomic E-state index is 0.0979. The van der Waals surface area contributed by atoms with Crippen molar-refractivity contribution in [3.8, 4) is 5.75 Å². The standard InChI is InChI=1S/C17H15FN2O2S/c1-10-19-14-5-4-12(9-16(14)23-10)20-17(21)8-11-3-6-15(22-2)13(18)7-11/h3-7,9H,8H2,1-2H3,(H,20,21). The molecule has 0 unspecified atom stereocenters. The average molecular weight is 330 g/mol. The first-order chi connectivity index (χ1) is 11.0. The first kappa shape index (κ1) is 15.4. The third kappa shape index (κ3) is 3.48. The van der Waals surface area contributed by atoms with Crippen LogP contribution in [0.15, 0.2) is 36.4 Å². The molecular weight excluding hydrogens is 315 g/mol. The molecule has 0 radical (unpaired) electrons. The summed E-state index contributed by atoms with van der Waals surface area (Å²) in [4.78, 5) is 16.5. The number of hydrogen-bond acceptors (Lipinski definition) is 4. The number of methoxy groups -OCH3 is 1. The third-order valence-electron chi connectivity index (χ3n) is 3.36. The van der Waals surface area contributed by atoms with E-state index < -0.39 is 5.82 Å². The van der Waals surface area contributed by atoms with E-state index in [0.717, 1.165) is 15.2 Å². The predicted octanol–water partition coefficient (Wildman–Crippen LogP) is 3.93. The van der Waals surface area contributed by atoms with E-state index >= 15 is 0 Å². The van der Waals surface area contributed by atoms with Gasteiger partial charge < -0.3 is 10.1 Å². The van der Waals surface area contributed by atoms with E-state index in [1.54, 1.807) is 17.4 Å². The highest BCUT2D eigenvalue weighted by molar-refractivity contribution is 7.18. The fourth-order valence-electron chi connectivity index (χ4n) is 2.33. The fraction of sp³-hybridized carbons (Fsp3) is 0.176. The number of rotatable bonds is 4. The topological polar surface area (TPSA) is 51.2 Å². The maximum absolute atomic E-state index is 13.6. The second-order valence-corrected chi connectivity index (χ2v) is 6.34. The Labute approximate surface area is 136 Å². The van der Waals surface area contributed by atoms with Crippen LogP contribution in [0.2, 0.25) is 0 Å². The van der Waals surface area contributed by atoms with Gasteiger partial charge in [0.15, 0.2) is 11.6 Å². The molecule has 2 aromatic carbocycles. The largest absolute Gasteiger partial charge is 0.494 e. The molecule has 3 aromatic rings. The van der Waals surface area contributed by atoms with Gasteiger partial charge in [-0.2, -0.15) is 0 Å². The molecule has 118 valence electrons. The third-order valence-corrected chi connectivity index (χ3v) is 4.29. The number of nitrogens with one attached hydrogen (secondary N) is 1. The van der Waals surface area contributed by atoms with Crippen LogP contribution < -0.4 is 10.1 Å². The van der Waals surface area contributed by atoms with Gasteiger partial charge in [0, 0.05) is 5.69 Å². The van der Waals surface area contributed by atoms with Crippen molar-refractivity contribution in [2.24, 2.45) is 0 Å². The zero-order valence-corrected chi connectivity index (χ0v) is 13.5. The van der Waals surface area contributed by atoms with Crippen molar-refractivity contribution in [1.29, 1.82) is 0 Å². The Morgan fingerprint density at radius 2 is 2.13 bits per heavy atom. The molecule has 0 atom stereocenters. The number of aryl methyl sites for hydroxylation is 1. The zero-order valence-electron chi connectivity index (χ0n) is 12.7. The molecule has 3 rings (SSSR count). The summed E-state index contributed by atoms with van der Waals surface area (Å²) in [5.41, 5.74) is 2.22. The molecule has 4 nitrogen and oxygen atoms in total. The number of halogens is 1. The molecule has 1 heterocycles. The number of thiazole rings is 1. The molecule has 0 aliphatic rings. The van der Waals surface area contributed by atoms with Crippen LogP contribution in [-0.2, 0) is 11.2 Å². The quantitative estimate of drug-likeness (QED) is 0.788. The second-order valence-electron chi connectivity index (χ2n) is 5.11. The molecule has 1 amide bonds. The summed E-state index contributed by atoms with van der Waals surface area (Å²) in [5, 5.41) is 3.81. The van der Waals surface area contributed by atoms with E-state index in [-0.39, 0.29) is 18.1 Å². The first-order valence-corrected chi connectivity index (χ1v) is 7.86. The van der Waals surface area contributed by atoms with Crippen molar-refractivity contribution >= 4 is 33.1 Å². The summed E-state index contributed by atoms with van der Waals surface area (Å²) in [5.74, 6) is -0.505. The number of anilines is 1. The van der Waals surface area contributed by atoms with Crippen LogP contribution in [0.4, 0.5) is 10.1 Å². The zero-order chi connectivity index (χ0) is 16.4. The molecule has 0 saturated carbocycles. The van der Waals surface area contributed by atoms with Crippen LogP contribution in [0.5, 0.6) is 5.75 Å². The normalized spacial score (nSPS) is 10.7. The Morgan fingerprint density at radius 3 is 2.87 bits per heavy atom. The molecular formula is C17H15FN2O2S. The number of carbonyl (C=O) groups is 1. The molecule has 0 aliphatic heterocycles. The Bertz CT molecular complexity index is 876. The van der Waals surface area contributed by atoms with Crippen LogP contribution in [0.1, 0.15) is 10.6 Å². The number of ether oxygens (including phenoxy) is 1. The molecule has 0 saturated heterocycles. The predicted molar refractivity (Wildman–Crippen MR) is 89.6 cm³/mol. The second kappa shape index (κ2) is 6.34. The molecule has 0 bridgehead atoms. The van der Waals surface area contributed by atoms with Crippen LogP contribution in [0, 0.1) is 12.7 Å². The molecule has 0 spiro atoms. The minimum Gasteiger partial charge on any atom is -0.494 e. The van der Waals surface area contributed by atoms with Crippen molar-refractivity contribution in [2.75, 3.05) is 12.4 Å². The van der Waals surface area contributed by atoms with Crippen molar-refractivity contribution < 1.29 is 13.9 Å². The number of hydrogen-bond donors (Lipinski definition) is 1. The first-order valence-electron chi connectivity index (χ1n) is 7.04. The van der Waals surface area contributed by atoms with Gasteiger partial charge in [-0.05, 0) is 42.8 Å². The maximum Gasteiger partial charge on any atom is 0.228 e. The fourth-order valence-corrected chi connectivity index (χ4v) is 3.19. The Morgan fingerprint density at radius 1 is 1.30 bits per heavy atom. The maximum atomic E-state index is 13.6. The summed E-state index contributed by atoms with van der Waals surface area (Å²) >= 11 is 1.58. The summed E-state index contributed by atoms with van der Waals surface area (Å²) in [6.45, 7) is 1.95. The summed E-state index contributed by atoms with van der Waals surface area (Å²) in [7, 11) is 1.40. The summed E-state index contributed by atoms with van der Waals surface area (Å²) in [6.07, 6.45) is 0.0979. The van der Waals surface area contributed by atoms with Gasteiger partial charge >= 0.3 is 0 Å². The lowest BCUT2D eigenvalue weighted by atomic mass is 10.1. The number of nitrogens with zero attached hydrogens (tertiary/aromatic N) is 1. The Balaban J connectivity index is 1.71. The van der Waals surface area contributed by atoms with E-state index in [1.165, 1.54) is 19.2 Å². The molecule has 0 fully saturated rings. The van der Waals surface area contributed by atoms with E-state index in [9.17, 15) is 9.18 Å². The molecule has 6 heteroatoms. The highest BCUT2D eigenvalue weighted by Crippen LogP contribution is 2.25. The number of amides is 1.